The first-order valence-corrected chi connectivity index (χ1v) is 19.7. The molecule has 10 rings (SSSR count). The van der Waals surface area contributed by atoms with Crippen molar-refractivity contribution in [3.8, 4) is 22.3 Å². The minimum absolute atomic E-state index is 0.00111. The molecule has 0 spiro atoms. The Balaban J connectivity index is 1.34. The van der Waals surface area contributed by atoms with Gasteiger partial charge >= 0.3 is 6.85 Å². The van der Waals surface area contributed by atoms with Gasteiger partial charge < -0.3 is 9.23 Å². The van der Waals surface area contributed by atoms with E-state index < -0.39 is 0 Å². The third-order valence-corrected chi connectivity index (χ3v) is 12.2. The molecule has 1 atom stereocenters. The first kappa shape index (κ1) is 33.7. The maximum Gasteiger partial charge on any atom is 0.329 e. The van der Waals surface area contributed by atoms with Crippen LogP contribution < -0.4 is 15.7 Å². The van der Waals surface area contributed by atoms with E-state index in [1.807, 2.05) is 0 Å². The second kappa shape index (κ2) is 12.1. The highest BCUT2D eigenvalue weighted by molar-refractivity contribution is 6.92. The van der Waals surface area contributed by atoms with Crippen LogP contribution in [0.5, 0.6) is 0 Å². The Morgan fingerprint density at radius 2 is 1.25 bits per heavy atom. The van der Waals surface area contributed by atoms with E-state index in [9.17, 15) is 0 Å². The summed E-state index contributed by atoms with van der Waals surface area (Å²) in [4.78, 5) is 2.60. The number of furan rings is 1. The number of nitrogens with zero attached hydrogens (tertiary/aromatic N) is 1. The number of aryl methyl sites for hydroxylation is 1. The Hall–Kier alpha value is -5.80. The van der Waals surface area contributed by atoms with Crippen molar-refractivity contribution in [3.05, 3.63) is 179 Å². The molecule has 8 aromatic rings. The van der Waals surface area contributed by atoms with Gasteiger partial charge in [0.1, 0.15) is 11.2 Å². The zero-order valence-electron chi connectivity index (χ0n) is 32.9. The van der Waals surface area contributed by atoms with Gasteiger partial charge in [0.05, 0.1) is 0 Å². The van der Waals surface area contributed by atoms with Crippen molar-refractivity contribution in [1.82, 2.24) is 0 Å². The van der Waals surface area contributed by atoms with Gasteiger partial charge in [0.15, 0.2) is 0 Å². The lowest BCUT2D eigenvalue weighted by molar-refractivity contribution is 0.590. The molecule has 0 radical (unpaired) electrons. The van der Waals surface area contributed by atoms with E-state index in [1.165, 1.54) is 83.3 Å². The number of benzene rings is 7. The van der Waals surface area contributed by atoms with Crippen molar-refractivity contribution in [2.45, 2.75) is 65.2 Å². The summed E-state index contributed by atoms with van der Waals surface area (Å²) < 4.78 is 7.06. The summed E-state index contributed by atoms with van der Waals surface area (Å²) in [5, 5.41) is 2.32. The molecule has 0 amide bonds. The fourth-order valence-corrected chi connectivity index (χ4v) is 9.46. The molecule has 0 fully saturated rings. The fourth-order valence-electron chi connectivity index (χ4n) is 9.46. The predicted molar refractivity (Wildman–Crippen MR) is 234 cm³/mol. The SMILES string of the molecule is Cc1cc2c3c(c1)C(c1ccc(C(C)(C)C)cc1-c1ccccc1)c1c(ccc4c1oc1ccccc14)B3N(c1ccc(C(C)(C)C)cc1)c1ccccc1-2. The van der Waals surface area contributed by atoms with Crippen LogP contribution in [0.2, 0.25) is 0 Å². The normalized spacial score (nSPS) is 14.9. The van der Waals surface area contributed by atoms with Crippen LogP contribution in [0.4, 0.5) is 11.4 Å². The maximum absolute atomic E-state index is 7.06. The number of fused-ring (bicyclic) bond motifs is 8. The average molecular weight is 712 g/mol. The maximum atomic E-state index is 7.06. The van der Waals surface area contributed by atoms with E-state index in [4.69, 9.17) is 4.42 Å². The highest BCUT2D eigenvalue weighted by Crippen LogP contribution is 2.49. The van der Waals surface area contributed by atoms with Gasteiger partial charge in [-0.25, -0.2) is 0 Å². The van der Waals surface area contributed by atoms with Crippen molar-refractivity contribution >= 4 is 51.1 Å². The molecule has 1 unspecified atom stereocenters. The number of rotatable bonds is 3. The zero-order valence-corrected chi connectivity index (χ0v) is 32.9. The molecule has 2 nitrogen and oxygen atoms in total. The van der Waals surface area contributed by atoms with Crippen LogP contribution in [0.15, 0.2) is 150 Å². The third kappa shape index (κ3) is 5.24. The van der Waals surface area contributed by atoms with Crippen LogP contribution in [0.1, 0.15) is 80.8 Å². The Bertz CT molecular complexity index is 2800. The van der Waals surface area contributed by atoms with Crippen molar-refractivity contribution < 1.29 is 4.42 Å². The Kier molecular flexibility index (Phi) is 7.43. The molecule has 55 heavy (non-hydrogen) atoms. The second-order valence-electron chi connectivity index (χ2n) is 17.8. The third-order valence-electron chi connectivity index (χ3n) is 12.2. The van der Waals surface area contributed by atoms with Crippen LogP contribution in [0, 0.1) is 6.92 Å². The van der Waals surface area contributed by atoms with Crippen molar-refractivity contribution in [2.24, 2.45) is 0 Å². The standard InChI is InChI=1S/C52H46BNO/c1-32-29-42-37-17-11-13-19-45(37)54(36-24-21-34(22-25-36)51(2,3)4)53-44-28-27-40-38-18-12-14-20-46(38)55-50(40)48(44)47(43(30-32)49(42)53)39-26-23-35(52(5,6)7)31-41(39)33-15-9-8-10-16-33/h8-31,47H,1-7H3. The van der Waals surface area contributed by atoms with E-state index in [-0.39, 0.29) is 23.6 Å². The van der Waals surface area contributed by atoms with Gasteiger partial charge in [0.25, 0.3) is 0 Å². The summed E-state index contributed by atoms with van der Waals surface area (Å²) in [5.41, 5.74) is 20.0. The number of hydrogen-bond acceptors (Lipinski definition) is 2. The highest BCUT2D eigenvalue weighted by atomic mass is 16.3. The molecule has 7 aromatic carbocycles. The zero-order chi connectivity index (χ0) is 37.8. The van der Waals surface area contributed by atoms with Crippen LogP contribution >= 0.6 is 0 Å². The lowest BCUT2D eigenvalue weighted by atomic mass is 9.39. The molecule has 1 aromatic heterocycles. The van der Waals surface area contributed by atoms with E-state index in [1.54, 1.807) is 0 Å². The summed E-state index contributed by atoms with van der Waals surface area (Å²) in [6.45, 7) is 16.0. The molecule has 268 valence electrons. The molecular formula is C52H46BNO. The summed E-state index contributed by atoms with van der Waals surface area (Å²) in [5.74, 6) is -0.0660. The first-order valence-electron chi connectivity index (χ1n) is 19.7. The van der Waals surface area contributed by atoms with Gasteiger partial charge in [0, 0.05) is 39.2 Å². The minimum atomic E-state index is -0.0660. The molecule has 0 saturated heterocycles. The van der Waals surface area contributed by atoms with Gasteiger partial charge in [-0.1, -0.05) is 168 Å². The Morgan fingerprint density at radius 3 is 2.02 bits per heavy atom. The van der Waals surface area contributed by atoms with E-state index in [0.717, 1.165) is 16.6 Å². The summed E-state index contributed by atoms with van der Waals surface area (Å²) in [6, 6.07) is 54.7. The summed E-state index contributed by atoms with van der Waals surface area (Å²) >= 11 is 0. The Morgan fingerprint density at radius 1 is 0.564 bits per heavy atom. The first-order chi connectivity index (χ1) is 26.5. The van der Waals surface area contributed by atoms with E-state index in [0.29, 0.717) is 0 Å². The topological polar surface area (TPSA) is 16.4 Å². The second-order valence-corrected chi connectivity index (χ2v) is 17.8. The van der Waals surface area contributed by atoms with Crippen LogP contribution in [0.25, 0.3) is 44.2 Å². The molecule has 0 N–H and O–H groups in total. The van der Waals surface area contributed by atoms with Crippen molar-refractivity contribution in [2.75, 3.05) is 4.81 Å². The van der Waals surface area contributed by atoms with Gasteiger partial charge in [-0.05, 0) is 91.9 Å². The van der Waals surface area contributed by atoms with Crippen molar-refractivity contribution in [3.63, 3.8) is 0 Å². The highest BCUT2D eigenvalue weighted by Gasteiger charge is 2.47. The molecule has 0 saturated carbocycles. The molecule has 2 aliphatic heterocycles. The van der Waals surface area contributed by atoms with Crippen molar-refractivity contribution in [1.29, 1.82) is 0 Å². The molecule has 0 bridgehead atoms. The Labute approximate surface area is 325 Å². The number of anilines is 2. The fraction of sp³-hybridized carbons (Fsp3) is 0.192. The smallest absolute Gasteiger partial charge is 0.329 e. The summed E-state index contributed by atoms with van der Waals surface area (Å²) in [7, 11) is 0. The van der Waals surface area contributed by atoms with Gasteiger partial charge in [-0.3, -0.25) is 0 Å². The molecule has 0 aliphatic carbocycles. The van der Waals surface area contributed by atoms with Crippen LogP contribution in [0.3, 0.4) is 0 Å². The number of hydrogen-bond donors (Lipinski definition) is 0. The predicted octanol–water partition coefficient (Wildman–Crippen LogP) is 12.6. The molecular weight excluding hydrogens is 665 g/mol. The van der Waals surface area contributed by atoms with Gasteiger partial charge in [0.2, 0.25) is 0 Å². The van der Waals surface area contributed by atoms with E-state index in [2.05, 4.69) is 199 Å². The number of para-hydroxylation sites is 2. The molecule has 3 heterocycles. The minimum Gasteiger partial charge on any atom is -0.456 e. The van der Waals surface area contributed by atoms with Crippen LogP contribution in [-0.4, -0.2) is 6.85 Å². The quantitative estimate of drug-likeness (QED) is 0.170. The van der Waals surface area contributed by atoms with Gasteiger partial charge in [-0.2, -0.15) is 0 Å². The monoisotopic (exact) mass is 711 g/mol. The van der Waals surface area contributed by atoms with Crippen LogP contribution in [-0.2, 0) is 10.8 Å². The largest absolute Gasteiger partial charge is 0.456 e. The van der Waals surface area contributed by atoms with E-state index >= 15 is 0 Å². The average Bonchev–Trinajstić information content (AvgIpc) is 3.56. The lowest BCUT2D eigenvalue weighted by Gasteiger charge is -2.45. The summed E-state index contributed by atoms with van der Waals surface area (Å²) in [6.07, 6.45) is 0. The molecule has 2 aliphatic rings. The van der Waals surface area contributed by atoms with Gasteiger partial charge in [-0.15, -0.1) is 0 Å². The molecule has 3 heteroatoms. The lowest BCUT2D eigenvalue weighted by Crippen LogP contribution is -2.62.